The van der Waals surface area contributed by atoms with E-state index in [9.17, 15) is 0 Å². The lowest BCUT2D eigenvalue weighted by Gasteiger charge is -2.30. The minimum Gasteiger partial charge on any atom is -0.497 e. The summed E-state index contributed by atoms with van der Waals surface area (Å²) in [4.78, 5) is 2.62. The van der Waals surface area contributed by atoms with Crippen LogP contribution in [-0.2, 0) is 0 Å². The fraction of sp³-hybridized carbons (Fsp3) is 0.625. The van der Waals surface area contributed by atoms with E-state index in [-0.39, 0.29) is 12.4 Å². The summed E-state index contributed by atoms with van der Waals surface area (Å²) in [5, 5.41) is 3.75. The zero-order chi connectivity index (χ0) is 13.2. The molecular formula is C16H25ClN2O. The molecule has 2 heterocycles. The van der Waals surface area contributed by atoms with Crippen LogP contribution in [0.4, 0.5) is 0 Å². The molecule has 0 spiro atoms. The number of methoxy groups -OCH3 is 1. The fourth-order valence-electron chi connectivity index (χ4n) is 3.43. The topological polar surface area (TPSA) is 24.5 Å². The second kappa shape index (κ2) is 6.79. The first-order valence-electron chi connectivity index (χ1n) is 7.40. The lowest BCUT2D eigenvalue weighted by molar-refractivity contribution is 0.199. The molecule has 0 radical (unpaired) electrons. The number of likely N-dealkylation sites (tertiary alicyclic amines) is 1. The van der Waals surface area contributed by atoms with Crippen molar-refractivity contribution in [2.24, 2.45) is 0 Å². The van der Waals surface area contributed by atoms with Gasteiger partial charge in [-0.2, -0.15) is 0 Å². The number of fused-ring (bicyclic) bond motifs is 2. The monoisotopic (exact) mass is 296 g/mol. The van der Waals surface area contributed by atoms with E-state index in [0.29, 0.717) is 12.1 Å². The third-order valence-corrected chi connectivity index (χ3v) is 4.68. The van der Waals surface area contributed by atoms with Gasteiger partial charge in [-0.15, -0.1) is 12.4 Å². The summed E-state index contributed by atoms with van der Waals surface area (Å²) in [5.41, 5.74) is 1.36. The molecule has 20 heavy (non-hydrogen) atoms. The third-order valence-electron chi connectivity index (χ3n) is 4.68. The number of nitrogens with zero attached hydrogens (tertiary/aromatic N) is 1. The van der Waals surface area contributed by atoms with Crippen LogP contribution >= 0.6 is 12.4 Å². The summed E-state index contributed by atoms with van der Waals surface area (Å²) >= 11 is 0. The molecule has 0 aliphatic carbocycles. The van der Waals surface area contributed by atoms with Gasteiger partial charge in [0.2, 0.25) is 0 Å². The lowest BCUT2D eigenvalue weighted by atomic mass is 10.0. The first-order valence-corrected chi connectivity index (χ1v) is 7.40. The predicted molar refractivity (Wildman–Crippen MR) is 84.8 cm³/mol. The smallest absolute Gasteiger partial charge is 0.119 e. The molecule has 1 N–H and O–H groups in total. The summed E-state index contributed by atoms with van der Waals surface area (Å²) in [6.45, 7) is 4.69. The van der Waals surface area contributed by atoms with Crippen LogP contribution in [0.25, 0.3) is 0 Å². The number of hydrogen-bond donors (Lipinski definition) is 1. The van der Waals surface area contributed by atoms with E-state index >= 15 is 0 Å². The molecule has 0 aromatic heterocycles. The molecule has 2 saturated heterocycles. The highest BCUT2D eigenvalue weighted by atomic mass is 35.5. The van der Waals surface area contributed by atoms with E-state index in [2.05, 4.69) is 35.3 Å². The van der Waals surface area contributed by atoms with Crippen molar-refractivity contribution >= 4 is 12.4 Å². The second-order valence-electron chi connectivity index (χ2n) is 5.87. The Morgan fingerprint density at radius 1 is 1.25 bits per heavy atom. The standard InChI is InChI=1S/C16H24N2O.ClH/c1-12(13-4-3-5-16(10-13)19-2)18-9-8-14-6-7-15(11-18)17-14;/h3-5,10,12,14-15,17H,6-9,11H2,1-2H3;1H. The molecule has 1 aromatic carbocycles. The van der Waals surface area contributed by atoms with E-state index < -0.39 is 0 Å². The van der Waals surface area contributed by atoms with Crippen LogP contribution in [0, 0.1) is 0 Å². The van der Waals surface area contributed by atoms with Crippen molar-refractivity contribution in [2.45, 2.75) is 44.3 Å². The number of nitrogens with one attached hydrogen (secondary N) is 1. The quantitative estimate of drug-likeness (QED) is 0.928. The average molecular weight is 297 g/mol. The van der Waals surface area contributed by atoms with Crippen LogP contribution < -0.4 is 10.1 Å². The van der Waals surface area contributed by atoms with E-state index in [1.165, 1.54) is 37.9 Å². The summed E-state index contributed by atoms with van der Waals surface area (Å²) in [7, 11) is 1.73. The summed E-state index contributed by atoms with van der Waals surface area (Å²) in [6, 6.07) is 10.4. The van der Waals surface area contributed by atoms with Crippen molar-refractivity contribution in [1.82, 2.24) is 10.2 Å². The first-order chi connectivity index (χ1) is 9.26. The van der Waals surface area contributed by atoms with Crippen LogP contribution in [-0.4, -0.2) is 37.2 Å². The molecule has 3 atom stereocenters. The number of benzene rings is 1. The molecule has 112 valence electrons. The van der Waals surface area contributed by atoms with Gasteiger partial charge in [-0.3, -0.25) is 4.90 Å². The molecular weight excluding hydrogens is 272 g/mol. The second-order valence-corrected chi connectivity index (χ2v) is 5.87. The number of hydrogen-bond acceptors (Lipinski definition) is 3. The molecule has 3 unspecified atom stereocenters. The van der Waals surface area contributed by atoms with Crippen molar-refractivity contribution in [2.75, 3.05) is 20.2 Å². The summed E-state index contributed by atoms with van der Waals surface area (Å²) in [5.74, 6) is 0.957. The number of ether oxygens (including phenoxy) is 1. The maximum Gasteiger partial charge on any atom is 0.119 e. The molecule has 2 aliphatic rings. The maximum absolute atomic E-state index is 5.34. The molecule has 3 nitrogen and oxygen atoms in total. The zero-order valence-corrected chi connectivity index (χ0v) is 13.2. The van der Waals surface area contributed by atoms with Gasteiger partial charge >= 0.3 is 0 Å². The van der Waals surface area contributed by atoms with Crippen molar-refractivity contribution in [3.8, 4) is 5.75 Å². The SMILES string of the molecule is COc1cccc(C(C)N2CCC3CCC(C2)N3)c1.Cl. The van der Waals surface area contributed by atoms with Gasteiger partial charge in [0.25, 0.3) is 0 Å². The molecule has 3 rings (SSSR count). The predicted octanol–water partition coefficient (Wildman–Crippen LogP) is 3.00. The van der Waals surface area contributed by atoms with Gasteiger partial charge in [-0.25, -0.2) is 0 Å². The lowest BCUT2D eigenvalue weighted by Crippen LogP contribution is -2.36. The van der Waals surface area contributed by atoms with Crippen LogP contribution in [0.5, 0.6) is 5.75 Å². The van der Waals surface area contributed by atoms with Crippen LogP contribution in [0.3, 0.4) is 0 Å². The Kier molecular flexibility index (Phi) is 5.30. The first kappa shape index (κ1) is 15.6. The Balaban J connectivity index is 0.00000147. The molecule has 0 amide bonds. The van der Waals surface area contributed by atoms with Crippen molar-refractivity contribution < 1.29 is 4.74 Å². The molecule has 2 bridgehead atoms. The molecule has 4 heteroatoms. The van der Waals surface area contributed by atoms with Crippen LogP contribution in [0.1, 0.15) is 37.8 Å². The van der Waals surface area contributed by atoms with E-state index in [1.54, 1.807) is 7.11 Å². The van der Waals surface area contributed by atoms with Crippen molar-refractivity contribution in [1.29, 1.82) is 0 Å². The highest BCUT2D eigenvalue weighted by Gasteiger charge is 2.31. The minimum atomic E-state index is 0. The fourth-order valence-corrected chi connectivity index (χ4v) is 3.43. The van der Waals surface area contributed by atoms with Gasteiger partial charge in [0, 0.05) is 31.2 Å². The van der Waals surface area contributed by atoms with Gasteiger partial charge in [0.15, 0.2) is 0 Å². The van der Waals surface area contributed by atoms with Crippen molar-refractivity contribution in [3.05, 3.63) is 29.8 Å². The Hall–Kier alpha value is -0.770. The largest absolute Gasteiger partial charge is 0.497 e. The Bertz CT molecular complexity index is 440. The third kappa shape index (κ3) is 3.27. The van der Waals surface area contributed by atoms with Crippen molar-refractivity contribution in [3.63, 3.8) is 0 Å². The highest BCUT2D eigenvalue weighted by molar-refractivity contribution is 5.85. The molecule has 2 aliphatic heterocycles. The average Bonchev–Trinajstić information content (AvgIpc) is 2.77. The van der Waals surface area contributed by atoms with Gasteiger partial charge in [0.05, 0.1) is 7.11 Å². The van der Waals surface area contributed by atoms with Gasteiger partial charge in [0.1, 0.15) is 5.75 Å². The van der Waals surface area contributed by atoms with Gasteiger partial charge in [-0.05, 0) is 43.9 Å². The minimum absolute atomic E-state index is 0. The van der Waals surface area contributed by atoms with Crippen LogP contribution in [0.15, 0.2) is 24.3 Å². The maximum atomic E-state index is 5.34. The summed E-state index contributed by atoms with van der Waals surface area (Å²) < 4.78 is 5.34. The molecule has 2 fully saturated rings. The summed E-state index contributed by atoms with van der Waals surface area (Å²) in [6.07, 6.45) is 3.99. The van der Waals surface area contributed by atoms with E-state index in [4.69, 9.17) is 4.74 Å². The Morgan fingerprint density at radius 3 is 2.85 bits per heavy atom. The normalized spacial score (nSPS) is 27.5. The van der Waals surface area contributed by atoms with E-state index in [1.807, 2.05) is 6.07 Å². The molecule has 0 saturated carbocycles. The van der Waals surface area contributed by atoms with E-state index in [0.717, 1.165) is 11.8 Å². The zero-order valence-electron chi connectivity index (χ0n) is 12.3. The van der Waals surface area contributed by atoms with Gasteiger partial charge < -0.3 is 10.1 Å². The number of halogens is 1. The van der Waals surface area contributed by atoms with Gasteiger partial charge in [-0.1, -0.05) is 12.1 Å². The Labute approximate surface area is 128 Å². The number of rotatable bonds is 3. The van der Waals surface area contributed by atoms with Crippen LogP contribution in [0.2, 0.25) is 0 Å². The molecule has 1 aromatic rings. The Morgan fingerprint density at radius 2 is 2.05 bits per heavy atom. The highest BCUT2D eigenvalue weighted by Crippen LogP contribution is 2.28.